The quantitative estimate of drug-likeness (QED) is 0.465. The highest BCUT2D eigenvalue weighted by molar-refractivity contribution is 5.96. The lowest BCUT2D eigenvalue weighted by Gasteiger charge is -2.24. The van der Waals surface area contributed by atoms with Crippen LogP contribution in [0, 0.1) is 0 Å². The van der Waals surface area contributed by atoms with Crippen LogP contribution in [0.1, 0.15) is 28.9 Å². The number of methoxy groups -OCH3 is 1. The SMILES string of the molecule is COCC(=O)N1CCCC(=O)NCCNc2ccnc(c2)C(=O)N[C@@H](Cc2ccccc2)C(=O)NCC1. The highest BCUT2D eigenvalue weighted by Crippen LogP contribution is 2.09. The summed E-state index contributed by atoms with van der Waals surface area (Å²) >= 11 is 0. The van der Waals surface area contributed by atoms with Gasteiger partial charge in [-0.15, -0.1) is 0 Å². The Bertz CT molecular complexity index is 1060. The second-order valence-corrected chi connectivity index (χ2v) is 8.63. The number of nitrogens with one attached hydrogen (secondary N) is 4. The summed E-state index contributed by atoms with van der Waals surface area (Å²) in [5.74, 6) is -1.21. The second kappa shape index (κ2) is 14.5. The number of rotatable bonds is 4. The number of fused-ring (bicyclic) bond motifs is 2. The molecule has 2 bridgehead atoms. The number of benzene rings is 1. The van der Waals surface area contributed by atoms with Crippen molar-refractivity contribution >= 4 is 29.3 Å². The first-order valence-electron chi connectivity index (χ1n) is 12.3. The Morgan fingerprint density at radius 1 is 1.03 bits per heavy atom. The molecule has 3 rings (SSSR count). The number of hydrogen-bond donors (Lipinski definition) is 4. The van der Waals surface area contributed by atoms with Crippen LogP contribution in [0.3, 0.4) is 0 Å². The number of carbonyl (C=O) groups is 4. The van der Waals surface area contributed by atoms with Gasteiger partial charge in [0.15, 0.2) is 0 Å². The van der Waals surface area contributed by atoms with Crippen LogP contribution < -0.4 is 21.3 Å². The normalized spacial score (nSPS) is 18.2. The van der Waals surface area contributed by atoms with E-state index in [1.165, 1.54) is 13.3 Å². The minimum atomic E-state index is -0.847. The summed E-state index contributed by atoms with van der Waals surface area (Å²) in [6.45, 7) is 1.53. The smallest absolute Gasteiger partial charge is 0.270 e. The van der Waals surface area contributed by atoms with Crippen molar-refractivity contribution in [2.24, 2.45) is 0 Å². The maximum Gasteiger partial charge on any atom is 0.270 e. The van der Waals surface area contributed by atoms with Gasteiger partial charge in [-0.25, -0.2) is 0 Å². The third-order valence-electron chi connectivity index (χ3n) is 5.81. The molecule has 11 heteroatoms. The topological polar surface area (TPSA) is 142 Å². The molecule has 11 nitrogen and oxygen atoms in total. The maximum atomic E-state index is 13.1. The molecule has 0 spiro atoms. The van der Waals surface area contributed by atoms with E-state index in [-0.39, 0.29) is 56.0 Å². The van der Waals surface area contributed by atoms with Crippen LogP contribution in [0.15, 0.2) is 48.7 Å². The van der Waals surface area contributed by atoms with Gasteiger partial charge >= 0.3 is 0 Å². The van der Waals surface area contributed by atoms with Crippen molar-refractivity contribution < 1.29 is 23.9 Å². The Morgan fingerprint density at radius 3 is 2.59 bits per heavy atom. The third kappa shape index (κ3) is 9.19. The molecule has 0 fully saturated rings. The molecule has 2 aromatic rings. The summed E-state index contributed by atoms with van der Waals surface area (Å²) in [7, 11) is 1.44. The van der Waals surface area contributed by atoms with Crippen LogP contribution in [-0.2, 0) is 25.5 Å². The first-order valence-corrected chi connectivity index (χ1v) is 12.3. The Kier molecular flexibility index (Phi) is 10.8. The fourth-order valence-electron chi connectivity index (χ4n) is 3.90. The van der Waals surface area contributed by atoms with E-state index in [2.05, 4.69) is 26.3 Å². The van der Waals surface area contributed by atoms with Crippen LogP contribution in [0.5, 0.6) is 0 Å². The number of amides is 4. The lowest BCUT2D eigenvalue weighted by molar-refractivity contribution is -0.136. The lowest BCUT2D eigenvalue weighted by atomic mass is 10.0. The second-order valence-electron chi connectivity index (χ2n) is 8.63. The first kappa shape index (κ1) is 27.6. The van der Waals surface area contributed by atoms with Crippen LogP contribution in [-0.4, -0.2) is 86.0 Å². The molecule has 198 valence electrons. The summed E-state index contributed by atoms with van der Waals surface area (Å²) in [6.07, 6.45) is 2.54. The van der Waals surface area contributed by atoms with Crippen molar-refractivity contribution in [3.63, 3.8) is 0 Å². The zero-order chi connectivity index (χ0) is 26.5. The molecule has 4 N–H and O–H groups in total. The van der Waals surface area contributed by atoms with E-state index < -0.39 is 11.9 Å². The predicted octanol–water partition coefficient (Wildman–Crippen LogP) is 0.336. The van der Waals surface area contributed by atoms with Gasteiger partial charge in [-0.3, -0.25) is 24.2 Å². The fraction of sp³-hybridized carbons (Fsp3) is 0.423. The summed E-state index contributed by atoms with van der Waals surface area (Å²) < 4.78 is 4.97. The number of aromatic nitrogens is 1. The molecule has 0 aliphatic carbocycles. The van der Waals surface area contributed by atoms with Gasteiger partial charge in [0, 0.05) is 64.6 Å². The molecule has 0 saturated carbocycles. The molecule has 1 atom stereocenters. The number of nitrogens with zero attached hydrogens (tertiary/aromatic N) is 2. The standard InChI is InChI=1S/C26H34N6O5/c1-37-18-24(34)32-14-5-8-23(33)29-12-11-27-20-9-10-28-21(17-20)26(36)31-22(25(35)30-13-15-32)16-19-6-3-2-4-7-19/h2-4,6-7,9-10,17,22,27H,5,8,11-16,18H2,1H3,(H,29,33)(H,30,35)(H,31,36)/t22-/m0/s1. The molecule has 1 aliphatic heterocycles. The Hall–Kier alpha value is -3.99. The van der Waals surface area contributed by atoms with Gasteiger partial charge in [0.2, 0.25) is 17.7 Å². The van der Waals surface area contributed by atoms with E-state index in [0.717, 1.165) is 5.56 Å². The average Bonchev–Trinajstić information content (AvgIpc) is 2.90. The zero-order valence-corrected chi connectivity index (χ0v) is 21.0. The van der Waals surface area contributed by atoms with Gasteiger partial charge in [-0.2, -0.15) is 0 Å². The molecule has 0 unspecified atom stereocenters. The van der Waals surface area contributed by atoms with Crippen molar-refractivity contribution in [2.75, 3.05) is 51.8 Å². The molecule has 1 aliphatic rings. The molecule has 1 aromatic heterocycles. The molecule has 4 amide bonds. The van der Waals surface area contributed by atoms with Gasteiger partial charge in [-0.05, 0) is 24.1 Å². The summed E-state index contributed by atoms with van der Waals surface area (Å²) in [4.78, 5) is 56.5. The van der Waals surface area contributed by atoms with E-state index in [1.54, 1.807) is 17.0 Å². The number of carbonyl (C=O) groups excluding carboxylic acids is 4. The highest BCUT2D eigenvalue weighted by atomic mass is 16.5. The van der Waals surface area contributed by atoms with E-state index in [4.69, 9.17) is 4.74 Å². The summed E-state index contributed by atoms with van der Waals surface area (Å²) in [5, 5.41) is 11.6. The number of pyridine rings is 1. The highest BCUT2D eigenvalue weighted by Gasteiger charge is 2.23. The van der Waals surface area contributed by atoms with E-state index in [9.17, 15) is 19.2 Å². The van der Waals surface area contributed by atoms with Gasteiger partial charge in [0.25, 0.3) is 5.91 Å². The Morgan fingerprint density at radius 2 is 1.81 bits per heavy atom. The Labute approximate surface area is 216 Å². The minimum Gasteiger partial charge on any atom is -0.383 e. The van der Waals surface area contributed by atoms with Crippen LogP contribution in [0.4, 0.5) is 5.69 Å². The molecule has 0 saturated heterocycles. The van der Waals surface area contributed by atoms with E-state index in [0.29, 0.717) is 31.7 Å². The van der Waals surface area contributed by atoms with Crippen molar-refractivity contribution in [3.8, 4) is 0 Å². The van der Waals surface area contributed by atoms with Crippen molar-refractivity contribution in [2.45, 2.75) is 25.3 Å². The molecule has 1 aromatic carbocycles. The number of hydrogen-bond acceptors (Lipinski definition) is 7. The van der Waals surface area contributed by atoms with E-state index in [1.807, 2.05) is 30.3 Å². The molecule has 2 heterocycles. The molecule has 37 heavy (non-hydrogen) atoms. The van der Waals surface area contributed by atoms with Gasteiger partial charge < -0.3 is 30.9 Å². The van der Waals surface area contributed by atoms with E-state index >= 15 is 0 Å². The van der Waals surface area contributed by atoms with Crippen molar-refractivity contribution in [1.29, 1.82) is 0 Å². The molecule has 0 radical (unpaired) electrons. The number of anilines is 1. The van der Waals surface area contributed by atoms with Gasteiger partial charge in [0.05, 0.1) is 0 Å². The zero-order valence-electron chi connectivity index (χ0n) is 21.0. The first-order chi connectivity index (χ1) is 18.0. The molecular formula is C26H34N6O5. The summed E-state index contributed by atoms with van der Waals surface area (Å²) in [5.41, 5.74) is 1.72. The number of ether oxygens (including phenoxy) is 1. The minimum absolute atomic E-state index is 0.0933. The lowest BCUT2D eigenvalue weighted by Crippen LogP contribution is -2.50. The van der Waals surface area contributed by atoms with Gasteiger partial charge in [-0.1, -0.05) is 30.3 Å². The Balaban J connectivity index is 1.78. The fourth-order valence-corrected chi connectivity index (χ4v) is 3.90. The van der Waals surface area contributed by atoms with Crippen LogP contribution >= 0.6 is 0 Å². The van der Waals surface area contributed by atoms with Crippen LogP contribution in [0.25, 0.3) is 0 Å². The molecular weight excluding hydrogens is 476 g/mol. The van der Waals surface area contributed by atoms with Crippen molar-refractivity contribution in [3.05, 3.63) is 59.9 Å². The third-order valence-corrected chi connectivity index (χ3v) is 5.81. The predicted molar refractivity (Wildman–Crippen MR) is 138 cm³/mol. The van der Waals surface area contributed by atoms with Crippen molar-refractivity contribution in [1.82, 2.24) is 25.8 Å². The largest absolute Gasteiger partial charge is 0.383 e. The van der Waals surface area contributed by atoms with Crippen LogP contribution in [0.2, 0.25) is 0 Å². The monoisotopic (exact) mass is 510 g/mol. The maximum absolute atomic E-state index is 13.1. The summed E-state index contributed by atoms with van der Waals surface area (Å²) in [6, 6.07) is 11.9. The van der Waals surface area contributed by atoms with Gasteiger partial charge in [0.1, 0.15) is 18.3 Å². The average molecular weight is 511 g/mol.